The van der Waals surface area contributed by atoms with Crippen LogP contribution < -0.4 is 0 Å². The first-order valence-electron chi connectivity index (χ1n) is 5.91. The molecule has 2 rings (SSSR count). The number of benzene rings is 1. The third-order valence-electron chi connectivity index (χ3n) is 3.09. The molecule has 2 heteroatoms. The quantitative estimate of drug-likeness (QED) is 0.748. The number of likely N-dealkylation sites (N-methyl/N-ethyl adjacent to an activating group) is 1. The van der Waals surface area contributed by atoms with Crippen molar-refractivity contribution in [3.63, 3.8) is 0 Å². The monoisotopic (exact) mass is 216 g/mol. The third-order valence-corrected chi connectivity index (χ3v) is 3.09. The fourth-order valence-electron chi connectivity index (χ4n) is 1.84. The Morgan fingerprint density at radius 2 is 1.62 bits per heavy atom. The minimum Gasteiger partial charge on any atom is -0.375 e. The van der Waals surface area contributed by atoms with Crippen LogP contribution in [0, 0.1) is 6.92 Å². The molecule has 0 N–H and O–H groups in total. The topological polar surface area (TPSA) is 6.48 Å². The van der Waals surface area contributed by atoms with Crippen molar-refractivity contribution in [3.05, 3.63) is 41.6 Å². The van der Waals surface area contributed by atoms with E-state index in [4.69, 9.17) is 0 Å². The molecule has 0 unspecified atom stereocenters. The molecule has 0 saturated carbocycles. The van der Waals surface area contributed by atoms with Crippen LogP contribution in [0.1, 0.15) is 11.1 Å². The standard InChI is InChI=1S/C14H20N2/c1-13-3-5-14(6-4-13)7-8-16-11-9-15(2)10-12-16/h3-8H,9-12H2,1-2H3/b8-7+. The summed E-state index contributed by atoms with van der Waals surface area (Å²) >= 11 is 0. The zero-order valence-electron chi connectivity index (χ0n) is 10.2. The van der Waals surface area contributed by atoms with E-state index in [1.54, 1.807) is 0 Å². The molecule has 0 radical (unpaired) electrons. The summed E-state index contributed by atoms with van der Waals surface area (Å²) in [5.41, 5.74) is 2.60. The molecular weight excluding hydrogens is 196 g/mol. The van der Waals surface area contributed by atoms with Crippen LogP contribution in [0.3, 0.4) is 0 Å². The van der Waals surface area contributed by atoms with Gasteiger partial charge in [0.25, 0.3) is 0 Å². The second kappa shape index (κ2) is 5.17. The minimum absolute atomic E-state index is 1.14. The average molecular weight is 216 g/mol. The largest absolute Gasteiger partial charge is 0.375 e. The number of hydrogen-bond donors (Lipinski definition) is 0. The van der Waals surface area contributed by atoms with Crippen LogP contribution in [-0.4, -0.2) is 43.0 Å². The maximum Gasteiger partial charge on any atom is 0.0300 e. The normalized spacial score (nSPS) is 18.2. The third kappa shape index (κ3) is 3.11. The van der Waals surface area contributed by atoms with E-state index < -0.39 is 0 Å². The van der Waals surface area contributed by atoms with Crippen molar-refractivity contribution in [3.8, 4) is 0 Å². The number of piperazine rings is 1. The van der Waals surface area contributed by atoms with Crippen LogP contribution in [0.2, 0.25) is 0 Å². The second-order valence-electron chi connectivity index (χ2n) is 4.57. The van der Waals surface area contributed by atoms with Gasteiger partial charge in [0.15, 0.2) is 0 Å². The van der Waals surface area contributed by atoms with Gasteiger partial charge in [-0.1, -0.05) is 29.8 Å². The maximum atomic E-state index is 2.39. The van der Waals surface area contributed by atoms with Gasteiger partial charge in [0.1, 0.15) is 0 Å². The van der Waals surface area contributed by atoms with Crippen LogP contribution in [0.5, 0.6) is 0 Å². The average Bonchev–Trinajstić information content (AvgIpc) is 2.30. The van der Waals surface area contributed by atoms with Gasteiger partial charge in [-0.05, 0) is 31.8 Å². The number of rotatable bonds is 2. The van der Waals surface area contributed by atoms with Gasteiger partial charge in [0.2, 0.25) is 0 Å². The highest BCUT2D eigenvalue weighted by molar-refractivity contribution is 5.49. The predicted molar refractivity (Wildman–Crippen MR) is 69.3 cm³/mol. The van der Waals surface area contributed by atoms with E-state index in [0.29, 0.717) is 0 Å². The Balaban J connectivity index is 1.91. The molecule has 0 bridgehead atoms. The molecule has 86 valence electrons. The summed E-state index contributed by atoms with van der Waals surface area (Å²) in [4.78, 5) is 4.76. The van der Waals surface area contributed by atoms with Gasteiger partial charge in [0, 0.05) is 26.2 Å². The fraction of sp³-hybridized carbons (Fsp3) is 0.429. The summed E-state index contributed by atoms with van der Waals surface area (Å²) in [6.45, 7) is 6.72. The zero-order valence-corrected chi connectivity index (χ0v) is 10.2. The van der Waals surface area contributed by atoms with Crippen LogP contribution >= 0.6 is 0 Å². The van der Waals surface area contributed by atoms with E-state index in [1.165, 1.54) is 11.1 Å². The van der Waals surface area contributed by atoms with Crippen LogP contribution in [0.25, 0.3) is 6.08 Å². The van der Waals surface area contributed by atoms with Crippen molar-refractivity contribution < 1.29 is 0 Å². The summed E-state index contributed by atoms with van der Waals surface area (Å²) in [7, 11) is 2.18. The lowest BCUT2D eigenvalue weighted by atomic mass is 10.1. The first-order valence-corrected chi connectivity index (χ1v) is 5.91. The molecule has 1 fully saturated rings. The molecule has 1 heterocycles. The summed E-state index contributed by atoms with van der Waals surface area (Å²) < 4.78 is 0. The van der Waals surface area contributed by atoms with Crippen molar-refractivity contribution in [2.75, 3.05) is 33.2 Å². The Kier molecular flexibility index (Phi) is 3.62. The highest BCUT2D eigenvalue weighted by atomic mass is 15.2. The first-order chi connectivity index (χ1) is 7.74. The van der Waals surface area contributed by atoms with Crippen LogP contribution in [0.15, 0.2) is 30.5 Å². The van der Waals surface area contributed by atoms with E-state index in [-0.39, 0.29) is 0 Å². The van der Waals surface area contributed by atoms with Gasteiger partial charge < -0.3 is 9.80 Å². The smallest absolute Gasteiger partial charge is 0.0300 e. The summed E-state index contributed by atoms with van der Waals surface area (Å²) in [5.74, 6) is 0. The lowest BCUT2D eigenvalue weighted by Crippen LogP contribution is -2.41. The van der Waals surface area contributed by atoms with Crippen molar-refractivity contribution in [1.82, 2.24) is 9.80 Å². The molecule has 0 atom stereocenters. The Bertz CT molecular complexity index is 346. The first kappa shape index (κ1) is 11.2. The van der Waals surface area contributed by atoms with Crippen LogP contribution in [-0.2, 0) is 0 Å². The van der Waals surface area contributed by atoms with Gasteiger partial charge in [-0.3, -0.25) is 0 Å². The van der Waals surface area contributed by atoms with Crippen molar-refractivity contribution >= 4 is 6.08 Å². The molecule has 1 aromatic carbocycles. The molecule has 1 saturated heterocycles. The molecule has 16 heavy (non-hydrogen) atoms. The van der Waals surface area contributed by atoms with E-state index in [0.717, 1.165) is 26.2 Å². The van der Waals surface area contributed by atoms with E-state index >= 15 is 0 Å². The number of aryl methyl sites for hydroxylation is 1. The van der Waals surface area contributed by atoms with Crippen LogP contribution in [0.4, 0.5) is 0 Å². The zero-order chi connectivity index (χ0) is 11.4. The van der Waals surface area contributed by atoms with E-state index in [9.17, 15) is 0 Å². The highest BCUT2D eigenvalue weighted by Gasteiger charge is 2.09. The molecule has 0 spiro atoms. The number of hydrogen-bond acceptors (Lipinski definition) is 2. The van der Waals surface area contributed by atoms with E-state index in [1.807, 2.05) is 0 Å². The molecule has 1 aliphatic rings. The molecule has 0 aliphatic carbocycles. The minimum atomic E-state index is 1.14. The number of nitrogens with zero attached hydrogens (tertiary/aromatic N) is 2. The SMILES string of the molecule is Cc1ccc(/C=C/N2CCN(C)CC2)cc1. The molecule has 0 aromatic heterocycles. The molecule has 2 nitrogen and oxygen atoms in total. The molecule has 0 amide bonds. The summed E-state index contributed by atoms with van der Waals surface area (Å²) in [6.07, 6.45) is 4.42. The molecule has 1 aliphatic heterocycles. The summed E-state index contributed by atoms with van der Waals surface area (Å²) in [5, 5.41) is 0. The van der Waals surface area contributed by atoms with E-state index in [2.05, 4.69) is 60.3 Å². The van der Waals surface area contributed by atoms with Gasteiger partial charge in [-0.25, -0.2) is 0 Å². The summed E-state index contributed by atoms with van der Waals surface area (Å²) in [6, 6.07) is 8.65. The molecule has 1 aromatic rings. The van der Waals surface area contributed by atoms with Gasteiger partial charge in [-0.15, -0.1) is 0 Å². The Labute approximate surface area is 98.2 Å². The Morgan fingerprint density at radius 1 is 1.00 bits per heavy atom. The predicted octanol–water partition coefficient (Wildman–Crippen LogP) is 2.21. The Morgan fingerprint density at radius 3 is 2.25 bits per heavy atom. The van der Waals surface area contributed by atoms with Crippen molar-refractivity contribution in [1.29, 1.82) is 0 Å². The lowest BCUT2D eigenvalue weighted by Gasteiger charge is -2.31. The molecular formula is C14H20N2. The van der Waals surface area contributed by atoms with Crippen molar-refractivity contribution in [2.24, 2.45) is 0 Å². The van der Waals surface area contributed by atoms with Gasteiger partial charge >= 0.3 is 0 Å². The fourth-order valence-corrected chi connectivity index (χ4v) is 1.84. The highest BCUT2D eigenvalue weighted by Crippen LogP contribution is 2.07. The van der Waals surface area contributed by atoms with Crippen molar-refractivity contribution in [2.45, 2.75) is 6.92 Å². The second-order valence-corrected chi connectivity index (χ2v) is 4.57. The van der Waals surface area contributed by atoms with Gasteiger partial charge in [0.05, 0.1) is 0 Å². The lowest BCUT2D eigenvalue weighted by molar-refractivity contribution is 0.199. The van der Waals surface area contributed by atoms with Gasteiger partial charge in [-0.2, -0.15) is 0 Å². The maximum absolute atomic E-state index is 2.39. The Hall–Kier alpha value is -1.28.